The summed E-state index contributed by atoms with van der Waals surface area (Å²) in [5.74, 6) is 0. The average Bonchev–Trinajstić information content (AvgIpc) is 2.62. The van der Waals surface area contributed by atoms with Crippen LogP contribution in [0.1, 0.15) is 28.4 Å². The molecule has 1 heterocycles. The molecule has 3 nitrogen and oxygen atoms in total. The lowest BCUT2D eigenvalue weighted by molar-refractivity contribution is 0.590. The van der Waals surface area contributed by atoms with E-state index < -0.39 is 0 Å². The predicted molar refractivity (Wildman–Crippen MR) is 84.6 cm³/mol. The lowest BCUT2D eigenvalue weighted by Gasteiger charge is -2.18. The lowest BCUT2D eigenvalue weighted by atomic mass is 9.98. The summed E-state index contributed by atoms with van der Waals surface area (Å²) in [6, 6.07) is 6.24. The van der Waals surface area contributed by atoms with E-state index in [0.29, 0.717) is 5.15 Å². The van der Waals surface area contributed by atoms with Gasteiger partial charge < -0.3 is 5.32 Å². The highest BCUT2D eigenvalue weighted by Gasteiger charge is 2.19. The normalized spacial score (nSPS) is 12.7. The van der Waals surface area contributed by atoms with E-state index in [-0.39, 0.29) is 6.04 Å². The molecule has 1 aromatic carbocycles. The molecule has 0 saturated heterocycles. The number of aromatic nitrogens is 2. The summed E-state index contributed by atoms with van der Waals surface area (Å²) in [7, 11) is 3.78. The van der Waals surface area contributed by atoms with Crippen molar-refractivity contribution in [2.24, 2.45) is 7.05 Å². The van der Waals surface area contributed by atoms with Crippen molar-refractivity contribution in [3.05, 3.63) is 50.8 Å². The molecule has 5 heteroatoms. The topological polar surface area (TPSA) is 29.9 Å². The van der Waals surface area contributed by atoms with E-state index >= 15 is 0 Å². The van der Waals surface area contributed by atoms with Gasteiger partial charge in [-0.15, -0.1) is 0 Å². The van der Waals surface area contributed by atoms with Gasteiger partial charge in [0.2, 0.25) is 0 Å². The van der Waals surface area contributed by atoms with Gasteiger partial charge in [0.15, 0.2) is 0 Å². The Bertz CT molecular complexity index is 620. The number of rotatable bonds is 4. The van der Waals surface area contributed by atoms with E-state index in [1.807, 2.05) is 34.0 Å². The first kappa shape index (κ1) is 15.4. The smallest absolute Gasteiger partial charge is 0.130 e. The van der Waals surface area contributed by atoms with E-state index in [1.54, 1.807) is 4.68 Å². The molecule has 108 valence electrons. The quantitative estimate of drug-likeness (QED) is 0.929. The average molecular weight is 312 g/mol. The Morgan fingerprint density at radius 2 is 2.00 bits per heavy atom. The number of aryl methyl sites for hydroxylation is 3. The third kappa shape index (κ3) is 3.00. The molecule has 0 saturated carbocycles. The Hall–Kier alpha value is -1.03. The van der Waals surface area contributed by atoms with Crippen molar-refractivity contribution >= 4 is 23.2 Å². The fraction of sp³-hybridized carbons (Fsp3) is 0.400. The van der Waals surface area contributed by atoms with Crippen LogP contribution in [0.2, 0.25) is 10.2 Å². The number of hydrogen-bond donors (Lipinski definition) is 1. The van der Waals surface area contributed by atoms with Gasteiger partial charge in [-0.25, -0.2) is 0 Å². The summed E-state index contributed by atoms with van der Waals surface area (Å²) in [6.45, 7) is 4.01. The Balaban J connectivity index is 2.33. The predicted octanol–water partition coefficient (Wildman–Crippen LogP) is 3.85. The standard InChI is InChI=1S/C15H19Cl2N3/c1-9-5-6-11(13(16)7-9)14(18-3)8-12-10(2)19-20(4)15(12)17/h5-7,14,18H,8H2,1-4H3. The van der Waals surface area contributed by atoms with Crippen molar-refractivity contribution in [3.63, 3.8) is 0 Å². The first-order chi connectivity index (χ1) is 9.43. The van der Waals surface area contributed by atoms with Crippen LogP contribution in [0.3, 0.4) is 0 Å². The van der Waals surface area contributed by atoms with Crippen molar-refractivity contribution < 1.29 is 0 Å². The van der Waals surface area contributed by atoms with Gasteiger partial charge in [-0.2, -0.15) is 5.10 Å². The molecule has 20 heavy (non-hydrogen) atoms. The van der Waals surface area contributed by atoms with Crippen LogP contribution in [0.25, 0.3) is 0 Å². The highest BCUT2D eigenvalue weighted by atomic mass is 35.5. The van der Waals surface area contributed by atoms with Gasteiger partial charge in [0.25, 0.3) is 0 Å². The highest BCUT2D eigenvalue weighted by molar-refractivity contribution is 6.31. The second-order valence-electron chi connectivity index (χ2n) is 5.05. The van der Waals surface area contributed by atoms with Crippen molar-refractivity contribution in [1.29, 1.82) is 0 Å². The number of hydrogen-bond acceptors (Lipinski definition) is 2. The molecule has 1 N–H and O–H groups in total. The second kappa shape index (κ2) is 6.17. The molecule has 0 spiro atoms. The van der Waals surface area contributed by atoms with Crippen molar-refractivity contribution in [3.8, 4) is 0 Å². The maximum atomic E-state index is 6.36. The van der Waals surface area contributed by atoms with E-state index in [0.717, 1.165) is 33.8 Å². The van der Waals surface area contributed by atoms with Gasteiger partial charge >= 0.3 is 0 Å². The van der Waals surface area contributed by atoms with Gasteiger partial charge in [-0.1, -0.05) is 35.3 Å². The fourth-order valence-corrected chi connectivity index (χ4v) is 3.01. The molecular formula is C15H19Cl2N3. The number of benzene rings is 1. The van der Waals surface area contributed by atoms with Gasteiger partial charge in [0, 0.05) is 23.7 Å². The van der Waals surface area contributed by atoms with E-state index in [2.05, 4.69) is 22.5 Å². The summed E-state index contributed by atoms with van der Waals surface area (Å²) >= 11 is 12.7. The molecule has 1 aromatic heterocycles. The van der Waals surface area contributed by atoms with E-state index in [9.17, 15) is 0 Å². The van der Waals surface area contributed by atoms with E-state index in [4.69, 9.17) is 23.2 Å². The zero-order chi connectivity index (χ0) is 14.9. The largest absolute Gasteiger partial charge is 0.313 e. The Morgan fingerprint density at radius 3 is 2.50 bits per heavy atom. The molecule has 2 aromatic rings. The number of nitrogens with one attached hydrogen (secondary N) is 1. The number of likely N-dealkylation sites (N-methyl/N-ethyl adjacent to an activating group) is 1. The van der Waals surface area contributed by atoms with Gasteiger partial charge in [0.1, 0.15) is 5.15 Å². The molecule has 0 fully saturated rings. The summed E-state index contributed by atoms with van der Waals surface area (Å²) in [4.78, 5) is 0. The molecule has 0 aliphatic rings. The Labute approximate surface area is 129 Å². The van der Waals surface area contributed by atoms with Crippen LogP contribution in [-0.2, 0) is 13.5 Å². The third-order valence-corrected chi connectivity index (χ3v) is 4.36. The van der Waals surface area contributed by atoms with Crippen LogP contribution in [0.5, 0.6) is 0 Å². The minimum absolute atomic E-state index is 0.114. The molecule has 1 unspecified atom stereocenters. The van der Waals surface area contributed by atoms with Crippen LogP contribution in [-0.4, -0.2) is 16.8 Å². The minimum atomic E-state index is 0.114. The van der Waals surface area contributed by atoms with Crippen LogP contribution >= 0.6 is 23.2 Å². The summed E-state index contributed by atoms with van der Waals surface area (Å²) in [6.07, 6.45) is 0.762. The summed E-state index contributed by atoms with van der Waals surface area (Å²) in [5, 5.41) is 9.13. The Kier molecular flexibility index (Phi) is 4.74. The zero-order valence-electron chi connectivity index (χ0n) is 12.2. The van der Waals surface area contributed by atoms with Crippen molar-refractivity contribution in [2.75, 3.05) is 7.05 Å². The van der Waals surface area contributed by atoms with Crippen LogP contribution in [0, 0.1) is 13.8 Å². The van der Waals surface area contributed by atoms with Gasteiger partial charge in [0.05, 0.1) is 5.69 Å². The zero-order valence-corrected chi connectivity index (χ0v) is 13.7. The summed E-state index contributed by atoms with van der Waals surface area (Å²) < 4.78 is 1.70. The monoisotopic (exact) mass is 311 g/mol. The highest BCUT2D eigenvalue weighted by Crippen LogP contribution is 2.29. The van der Waals surface area contributed by atoms with Crippen LogP contribution in [0.15, 0.2) is 18.2 Å². The second-order valence-corrected chi connectivity index (χ2v) is 5.81. The number of nitrogens with zero attached hydrogens (tertiary/aromatic N) is 2. The van der Waals surface area contributed by atoms with E-state index in [1.165, 1.54) is 0 Å². The van der Waals surface area contributed by atoms with Gasteiger partial charge in [-0.05, 0) is 44.5 Å². The molecule has 0 radical (unpaired) electrons. The SMILES string of the molecule is CNC(Cc1c(C)nn(C)c1Cl)c1ccc(C)cc1Cl. The molecule has 2 rings (SSSR count). The molecule has 0 amide bonds. The fourth-order valence-electron chi connectivity index (χ4n) is 2.39. The van der Waals surface area contributed by atoms with Crippen LogP contribution < -0.4 is 5.32 Å². The first-order valence-electron chi connectivity index (χ1n) is 6.55. The maximum Gasteiger partial charge on any atom is 0.130 e. The van der Waals surface area contributed by atoms with Crippen LogP contribution in [0.4, 0.5) is 0 Å². The molecule has 1 atom stereocenters. The van der Waals surface area contributed by atoms with Crippen molar-refractivity contribution in [2.45, 2.75) is 26.3 Å². The third-order valence-electron chi connectivity index (χ3n) is 3.56. The lowest BCUT2D eigenvalue weighted by Crippen LogP contribution is -2.19. The Morgan fingerprint density at radius 1 is 1.30 bits per heavy atom. The minimum Gasteiger partial charge on any atom is -0.313 e. The van der Waals surface area contributed by atoms with Gasteiger partial charge in [-0.3, -0.25) is 4.68 Å². The molecule has 0 aliphatic carbocycles. The molecule has 0 aliphatic heterocycles. The summed E-state index contributed by atoms with van der Waals surface area (Å²) in [5.41, 5.74) is 4.26. The number of halogens is 2. The first-order valence-corrected chi connectivity index (χ1v) is 7.31. The molecular weight excluding hydrogens is 293 g/mol. The molecule has 0 bridgehead atoms. The van der Waals surface area contributed by atoms with Crippen molar-refractivity contribution in [1.82, 2.24) is 15.1 Å². The maximum absolute atomic E-state index is 6.36.